The van der Waals surface area contributed by atoms with Crippen molar-refractivity contribution in [1.29, 1.82) is 0 Å². The summed E-state index contributed by atoms with van der Waals surface area (Å²) in [6.45, 7) is 1.84. The van der Waals surface area contributed by atoms with Gasteiger partial charge in [-0.1, -0.05) is 12.1 Å². The van der Waals surface area contributed by atoms with Gasteiger partial charge in [-0.2, -0.15) is 0 Å². The number of aliphatic hydroxyl groups is 1. The number of carbonyl (C=O) groups is 1. The topological polar surface area (TPSA) is 66.6 Å². The average Bonchev–Trinajstić information content (AvgIpc) is 2.54. The van der Waals surface area contributed by atoms with Crippen molar-refractivity contribution >= 4 is 11.6 Å². The summed E-state index contributed by atoms with van der Waals surface area (Å²) in [5.41, 5.74) is 7.12. The molecule has 0 radical (unpaired) electrons. The van der Waals surface area contributed by atoms with Gasteiger partial charge in [0.05, 0.1) is 12.0 Å². The first-order chi connectivity index (χ1) is 7.45. The van der Waals surface area contributed by atoms with Crippen molar-refractivity contribution < 1.29 is 9.90 Å². The van der Waals surface area contributed by atoms with Crippen molar-refractivity contribution in [3.05, 3.63) is 29.3 Å². The first-order valence-electron chi connectivity index (χ1n) is 5.28. The lowest BCUT2D eigenvalue weighted by molar-refractivity contribution is -0.117. The van der Waals surface area contributed by atoms with Crippen LogP contribution in [0.15, 0.2) is 18.2 Å². The maximum Gasteiger partial charge on any atom is 0.231 e. The van der Waals surface area contributed by atoms with Gasteiger partial charge in [0.1, 0.15) is 0 Å². The summed E-state index contributed by atoms with van der Waals surface area (Å²) in [6.07, 6.45) is 0.403. The summed E-state index contributed by atoms with van der Waals surface area (Å²) >= 11 is 0. The number of rotatable bonds is 2. The van der Waals surface area contributed by atoms with Crippen molar-refractivity contribution in [3.63, 3.8) is 0 Å². The number of carbonyl (C=O) groups excluding carboxylic acids is 1. The van der Waals surface area contributed by atoms with Crippen molar-refractivity contribution in [2.45, 2.75) is 18.9 Å². The Hall–Kier alpha value is -1.39. The van der Waals surface area contributed by atoms with Crippen LogP contribution < -0.4 is 10.6 Å². The molecule has 3 N–H and O–H groups in total. The molecule has 0 spiro atoms. The second kappa shape index (κ2) is 3.57. The Balaban J connectivity index is 2.43. The van der Waals surface area contributed by atoms with E-state index in [9.17, 15) is 9.90 Å². The van der Waals surface area contributed by atoms with Gasteiger partial charge in [0.15, 0.2) is 0 Å². The highest BCUT2D eigenvalue weighted by atomic mass is 16.3. The molecule has 1 heterocycles. The zero-order valence-corrected chi connectivity index (χ0v) is 9.53. The zero-order valence-electron chi connectivity index (χ0n) is 9.53. The van der Waals surface area contributed by atoms with Crippen LogP contribution in [0.2, 0.25) is 0 Å². The van der Waals surface area contributed by atoms with E-state index in [1.807, 2.05) is 18.2 Å². The molecule has 1 aliphatic heterocycles. The van der Waals surface area contributed by atoms with Gasteiger partial charge >= 0.3 is 0 Å². The molecule has 1 aromatic carbocycles. The first-order valence-corrected chi connectivity index (χ1v) is 5.28. The minimum absolute atomic E-state index is 0.0829. The number of likely N-dealkylation sites (N-methyl/N-ethyl adjacent to an activating group) is 1. The molecule has 2 rings (SSSR count). The quantitative estimate of drug-likeness (QED) is 0.756. The van der Waals surface area contributed by atoms with E-state index < -0.39 is 5.60 Å². The van der Waals surface area contributed by atoms with Crippen LogP contribution in [-0.2, 0) is 16.8 Å². The Labute approximate surface area is 94.7 Å². The molecule has 0 fully saturated rings. The Kier molecular flexibility index (Phi) is 2.48. The Morgan fingerprint density at radius 1 is 1.56 bits per heavy atom. The molecule has 1 unspecified atom stereocenters. The molecule has 1 aliphatic rings. The molecule has 4 nitrogen and oxygen atoms in total. The minimum Gasteiger partial charge on any atom is -0.384 e. The molecular formula is C12H16N2O2. The van der Waals surface area contributed by atoms with Crippen LogP contribution in [0.5, 0.6) is 0 Å². The van der Waals surface area contributed by atoms with Crippen LogP contribution in [0.25, 0.3) is 0 Å². The number of amides is 1. The van der Waals surface area contributed by atoms with E-state index >= 15 is 0 Å². The van der Waals surface area contributed by atoms with E-state index in [0.717, 1.165) is 16.8 Å². The van der Waals surface area contributed by atoms with Crippen molar-refractivity contribution in [2.75, 3.05) is 18.5 Å². The van der Waals surface area contributed by atoms with Gasteiger partial charge in [0.25, 0.3) is 0 Å². The Morgan fingerprint density at radius 3 is 2.88 bits per heavy atom. The normalized spacial score (nSPS) is 18.5. The number of nitrogens with two attached hydrogens (primary N) is 1. The number of anilines is 1. The predicted octanol–water partition coefficient (Wildman–Crippen LogP) is 0.372. The minimum atomic E-state index is -1.03. The van der Waals surface area contributed by atoms with Crippen LogP contribution in [0.3, 0.4) is 0 Å². The van der Waals surface area contributed by atoms with E-state index in [4.69, 9.17) is 5.73 Å². The van der Waals surface area contributed by atoms with Crippen LogP contribution >= 0.6 is 0 Å². The SMILES string of the molecule is CN1C(=O)Cc2cc(C(C)(O)CN)ccc21. The molecule has 1 atom stereocenters. The number of nitrogens with zero attached hydrogens (tertiary/aromatic N) is 1. The van der Waals surface area contributed by atoms with Gasteiger partial charge < -0.3 is 15.7 Å². The second-order valence-corrected chi connectivity index (χ2v) is 4.45. The van der Waals surface area contributed by atoms with E-state index in [1.165, 1.54) is 0 Å². The molecule has 86 valence electrons. The fourth-order valence-electron chi connectivity index (χ4n) is 1.92. The van der Waals surface area contributed by atoms with Gasteiger partial charge in [-0.15, -0.1) is 0 Å². The monoisotopic (exact) mass is 220 g/mol. The maximum atomic E-state index is 11.5. The summed E-state index contributed by atoms with van der Waals surface area (Å²) in [6, 6.07) is 5.55. The van der Waals surface area contributed by atoms with Crippen LogP contribution in [0.1, 0.15) is 18.1 Å². The Bertz CT molecular complexity index is 441. The van der Waals surface area contributed by atoms with Crippen molar-refractivity contribution in [1.82, 2.24) is 0 Å². The smallest absolute Gasteiger partial charge is 0.231 e. The predicted molar refractivity (Wildman–Crippen MR) is 62.2 cm³/mol. The van der Waals surface area contributed by atoms with Gasteiger partial charge in [0.2, 0.25) is 5.91 Å². The number of fused-ring (bicyclic) bond motifs is 1. The number of hydrogen-bond acceptors (Lipinski definition) is 3. The number of benzene rings is 1. The van der Waals surface area contributed by atoms with E-state index in [2.05, 4.69) is 0 Å². The molecule has 0 saturated carbocycles. The largest absolute Gasteiger partial charge is 0.384 e. The molecule has 0 aromatic heterocycles. The summed E-state index contributed by atoms with van der Waals surface area (Å²) in [5.74, 6) is 0.0829. The van der Waals surface area contributed by atoms with E-state index in [-0.39, 0.29) is 12.5 Å². The summed E-state index contributed by atoms with van der Waals surface area (Å²) < 4.78 is 0. The van der Waals surface area contributed by atoms with E-state index in [1.54, 1.807) is 18.9 Å². The zero-order chi connectivity index (χ0) is 11.9. The van der Waals surface area contributed by atoms with Crippen LogP contribution in [-0.4, -0.2) is 24.6 Å². The lowest BCUT2D eigenvalue weighted by atomic mass is 9.94. The lowest BCUT2D eigenvalue weighted by Crippen LogP contribution is -2.31. The Morgan fingerprint density at radius 2 is 2.25 bits per heavy atom. The second-order valence-electron chi connectivity index (χ2n) is 4.45. The molecule has 4 heteroatoms. The molecular weight excluding hydrogens is 204 g/mol. The molecule has 0 bridgehead atoms. The third-order valence-electron chi connectivity index (χ3n) is 3.18. The maximum absolute atomic E-state index is 11.5. The van der Waals surface area contributed by atoms with Gasteiger partial charge in [0, 0.05) is 19.3 Å². The highest BCUT2D eigenvalue weighted by Crippen LogP contribution is 2.31. The van der Waals surface area contributed by atoms with Gasteiger partial charge in [-0.3, -0.25) is 4.79 Å². The third-order valence-corrected chi connectivity index (χ3v) is 3.18. The van der Waals surface area contributed by atoms with Gasteiger partial charge in [-0.05, 0) is 24.1 Å². The van der Waals surface area contributed by atoms with Gasteiger partial charge in [-0.25, -0.2) is 0 Å². The summed E-state index contributed by atoms with van der Waals surface area (Å²) in [7, 11) is 1.76. The van der Waals surface area contributed by atoms with Crippen LogP contribution in [0, 0.1) is 0 Å². The molecule has 1 aromatic rings. The summed E-state index contributed by atoms with van der Waals surface area (Å²) in [5, 5.41) is 10.0. The first kappa shape index (κ1) is 11.1. The van der Waals surface area contributed by atoms with E-state index in [0.29, 0.717) is 6.42 Å². The van der Waals surface area contributed by atoms with Crippen LogP contribution in [0.4, 0.5) is 5.69 Å². The highest BCUT2D eigenvalue weighted by Gasteiger charge is 2.27. The average molecular weight is 220 g/mol. The van der Waals surface area contributed by atoms with Crippen molar-refractivity contribution in [3.8, 4) is 0 Å². The molecule has 0 aliphatic carbocycles. The fraction of sp³-hybridized carbons (Fsp3) is 0.417. The lowest BCUT2D eigenvalue weighted by Gasteiger charge is -2.22. The highest BCUT2D eigenvalue weighted by molar-refractivity contribution is 6.00. The standard InChI is InChI=1S/C12H16N2O2/c1-12(16,7-13)9-3-4-10-8(5-9)6-11(15)14(10)2/h3-5,16H,6-7,13H2,1-2H3. The molecule has 16 heavy (non-hydrogen) atoms. The molecule has 1 amide bonds. The third kappa shape index (κ3) is 1.60. The fourth-order valence-corrected chi connectivity index (χ4v) is 1.92. The summed E-state index contributed by atoms with van der Waals surface area (Å²) in [4.78, 5) is 13.1. The number of hydrogen-bond donors (Lipinski definition) is 2. The molecule has 0 saturated heterocycles. The van der Waals surface area contributed by atoms with Crippen molar-refractivity contribution in [2.24, 2.45) is 5.73 Å².